The molecule has 0 spiro atoms. The first-order chi connectivity index (χ1) is 8.16. The lowest BCUT2D eigenvalue weighted by Gasteiger charge is -2.12. The van der Waals surface area contributed by atoms with Crippen LogP contribution in [0.4, 0.5) is 0 Å². The summed E-state index contributed by atoms with van der Waals surface area (Å²) in [7, 11) is 0. The highest BCUT2D eigenvalue weighted by molar-refractivity contribution is 5.11. The van der Waals surface area contributed by atoms with Crippen molar-refractivity contribution < 1.29 is 4.74 Å². The average molecular weight is 237 g/mol. The third-order valence-corrected chi connectivity index (χ3v) is 3.27. The van der Waals surface area contributed by atoms with Crippen molar-refractivity contribution in [2.75, 3.05) is 13.2 Å². The summed E-state index contributed by atoms with van der Waals surface area (Å²) in [6.07, 6.45) is 6.51. The van der Waals surface area contributed by atoms with Gasteiger partial charge in [-0.25, -0.2) is 0 Å². The van der Waals surface area contributed by atoms with Gasteiger partial charge in [0.1, 0.15) is 6.61 Å². The lowest BCUT2D eigenvalue weighted by atomic mass is 10.2. The van der Waals surface area contributed by atoms with Gasteiger partial charge in [0.15, 0.2) is 5.75 Å². The Labute approximate surface area is 103 Å². The predicted molar refractivity (Wildman–Crippen MR) is 68.3 cm³/mol. The number of hydrogen-bond acceptors (Lipinski definition) is 3. The number of nitrogens with zero attached hydrogens (tertiary/aromatic N) is 2. The van der Waals surface area contributed by atoms with E-state index in [0.717, 1.165) is 18.2 Å². The van der Waals surface area contributed by atoms with E-state index in [2.05, 4.69) is 31.2 Å². The molecule has 0 aliphatic heterocycles. The van der Waals surface area contributed by atoms with Gasteiger partial charge >= 0.3 is 0 Å². The van der Waals surface area contributed by atoms with Gasteiger partial charge in [0.05, 0.1) is 12.4 Å². The summed E-state index contributed by atoms with van der Waals surface area (Å²) in [6, 6.07) is 1.03. The van der Waals surface area contributed by atoms with Crippen LogP contribution in [0.3, 0.4) is 0 Å². The van der Waals surface area contributed by atoms with Crippen LogP contribution < -0.4 is 10.1 Å². The second-order valence-electron chi connectivity index (χ2n) is 5.18. The fraction of sp³-hybridized carbons (Fsp3) is 0.769. The number of rotatable bonds is 7. The summed E-state index contributed by atoms with van der Waals surface area (Å²) < 4.78 is 7.55. The Morgan fingerprint density at radius 3 is 2.82 bits per heavy atom. The van der Waals surface area contributed by atoms with Gasteiger partial charge in [0, 0.05) is 18.6 Å². The molecule has 1 aliphatic rings. The van der Waals surface area contributed by atoms with Crippen molar-refractivity contribution in [1.82, 2.24) is 15.1 Å². The molecule has 4 nitrogen and oxygen atoms in total. The maximum Gasteiger partial charge on any atom is 0.157 e. The van der Waals surface area contributed by atoms with Gasteiger partial charge in [-0.05, 0) is 39.5 Å². The van der Waals surface area contributed by atoms with Gasteiger partial charge in [0.25, 0.3) is 0 Å². The quantitative estimate of drug-likeness (QED) is 0.739. The molecule has 96 valence electrons. The van der Waals surface area contributed by atoms with E-state index >= 15 is 0 Å². The summed E-state index contributed by atoms with van der Waals surface area (Å²) >= 11 is 0. The second-order valence-corrected chi connectivity index (χ2v) is 5.18. The van der Waals surface area contributed by atoms with Crippen LogP contribution in [0.5, 0.6) is 5.75 Å². The summed E-state index contributed by atoms with van der Waals surface area (Å²) in [5.74, 6) is 1.76. The summed E-state index contributed by atoms with van der Waals surface area (Å²) in [5, 5.41) is 7.73. The molecule has 1 heterocycles. The average Bonchev–Trinajstić information content (AvgIpc) is 3.03. The smallest absolute Gasteiger partial charge is 0.157 e. The fourth-order valence-corrected chi connectivity index (χ4v) is 1.90. The van der Waals surface area contributed by atoms with Crippen LogP contribution in [0.15, 0.2) is 12.4 Å². The number of nitrogens with one attached hydrogen (secondary N) is 1. The molecular weight excluding hydrogens is 214 g/mol. The van der Waals surface area contributed by atoms with Crippen molar-refractivity contribution in [2.45, 2.75) is 45.7 Å². The molecule has 1 aromatic heterocycles. The predicted octanol–water partition coefficient (Wildman–Crippen LogP) is 2.23. The largest absolute Gasteiger partial charge is 0.489 e. The molecule has 1 fully saturated rings. The van der Waals surface area contributed by atoms with E-state index in [4.69, 9.17) is 4.74 Å². The van der Waals surface area contributed by atoms with Gasteiger partial charge in [0.2, 0.25) is 0 Å². The lowest BCUT2D eigenvalue weighted by molar-refractivity contribution is 0.302. The van der Waals surface area contributed by atoms with Gasteiger partial charge in [-0.15, -0.1) is 0 Å². The number of hydrogen-bond donors (Lipinski definition) is 1. The van der Waals surface area contributed by atoms with Gasteiger partial charge in [-0.2, -0.15) is 5.10 Å². The molecule has 2 rings (SSSR count). The maximum absolute atomic E-state index is 5.64. The second kappa shape index (κ2) is 5.54. The third kappa shape index (κ3) is 3.73. The highest BCUT2D eigenvalue weighted by atomic mass is 16.5. The minimum Gasteiger partial charge on any atom is -0.489 e. The van der Waals surface area contributed by atoms with Crippen LogP contribution in [0.25, 0.3) is 0 Å². The molecule has 17 heavy (non-hydrogen) atoms. The molecule has 0 bridgehead atoms. The molecule has 0 radical (unpaired) electrons. The normalized spacial score (nSPS) is 17.4. The fourth-order valence-electron chi connectivity index (χ4n) is 1.90. The zero-order valence-corrected chi connectivity index (χ0v) is 11.0. The van der Waals surface area contributed by atoms with E-state index in [0.29, 0.717) is 18.7 Å². The Morgan fingerprint density at radius 1 is 1.47 bits per heavy atom. The molecule has 1 N–H and O–H groups in total. The standard InChI is InChI=1S/C13H23N3O/c1-10(2)16-9-13(8-15-16)17-7-6-14-11(3)12-4-5-12/h8-12,14H,4-7H2,1-3H3. The third-order valence-electron chi connectivity index (χ3n) is 3.27. The molecule has 1 atom stereocenters. The van der Waals surface area contributed by atoms with E-state index in [-0.39, 0.29) is 0 Å². The molecule has 1 aromatic rings. The van der Waals surface area contributed by atoms with E-state index in [1.807, 2.05) is 10.9 Å². The van der Waals surface area contributed by atoms with Crippen LogP contribution in [0.1, 0.15) is 39.7 Å². The van der Waals surface area contributed by atoms with Crippen molar-refractivity contribution in [1.29, 1.82) is 0 Å². The van der Waals surface area contributed by atoms with Gasteiger partial charge in [-0.1, -0.05) is 0 Å². The van der Waals surface area contributed by atoms with Crippen LogP contribution in [0, 0.1) is 5.92 Å². The van der Waals surface area contributed by atoms with Crippen molar-refractivity contribution in [2.24, 2.45) is 5.92 Å². The lowest BCUT2D eigenvalue weighted by Crippen LogP contribution is -2.31. The Balaban J connectivity index is 1.63. The Hall–Kier alpha value is -1.03. The molecule has 0 saturated heterocycles. The first-order valence-electron chi connectivity index (χ1n) is 6.57. The van der Waals surface area contributed by atoms with E-state index in [1.165, 1.54) is 12.8 Å². The first kappa shape index (κ1) is 12.4. The van der Waals surface area contributed by atoms with E-state index in [9.17, 15) is 0 Å². The van der Waals surface area contributed by atoms with Crippen LogP contribution in [-0.4, -0.2) is 29.0 Å². The zero-order chi connectivity index (χ0) is 12.3. The Kier molecular flexibility index (Phi) is 4.05. The van der Waals surface area contributed by atoms with Crippen LogP contribution in [0.2, 0.25) is 0 Å². The highest BCUT2D eigenvalue weighted by Gasteiger charge is 2.27. The molecule has 1 saturated carbocycles. The molecule has 1 unspecified atom stereocenters. The SMILES string of the molecule is CC(NCCOc1cnn(C(C)C)c1)C1CC1. The summed E-state index contributed by atoms with van der Waals surface area (Å²) in [4.78, 5) is 0. The monoisotopic (exact) mass is 237 g/mol. The topological polar surface area (TPSA) is 39.1 Å². The van der Waals surface area contributed by atoms with E-state index in [1.54, 1.807) is 6.20 Å². The zero-order valence-electron chi connectivity index (χ0n) is 11.0. The minimum absolute atomic E-state index is 0.389. The van der Waals surface area contributed by atoms with Gasteiger partial charge in [-0.3, -0.25) is 4.68 Å². The Bertz CT molecular complexity index is 344. The molecular formula is C13H23N3O. The highest BCUT2D eigenvalue weighted by Crippen LogP contribution is 2.32. The summed E-state index contributed by atoms with van der Waals surface area (Å²) in [5.41, 5.74) is 0. The Morgan fingerprint density at radius 2 is 2.24 bits per heavy atom. The molecule has 0 aromatic carbocycles. The van der Waals surface area contributed by atoms with Crippen molar-refractivity contribution in [3.8, 4) is 5.75 Å². The van der Waals surface area contributed by atoms with Crippen molar-refractivity contribution in [3.63, 3.8) is 0 Å². The van der Waals surface area contributed by atoms with Crippen LogP contribution >= 0.6 is 0 Å². The van der Waals surface area contributed by atoms with E-state index < -0.39 is 0 Å². The van der Waals surface area contributed by atoms with Crippen molar-refractivity contribution >= 4 is 0 Å². The first-order valence-corrected chi connectivity index (χ1v) is 6.57. The minimum atomic E-state index is 0.389. The number of aromatic nitrogens is 2. The maximum atomic E-state index is 5.64. The van der Waals surface area contributed by atoms with Crippen LogP contribution in [-0.2, 0) is 0 Å². The molecule has 1 aliphatic carbocycles. The van der Waals surface area contributed by atoms with Gasteiger partial charge < -0.3 is 10.1 Å². The number of ether oxygens (including phenoxy) is 1. The molecule has 0 amide bonds. The van der Waals surface area contributed by atoms with Crippen molar-refractivity contribution in [3.05, 3.63) is 12.4 Å². The summed E-state index contributed by atoms with van der Waals surface area (Å²) in [6.45, 7) is 8.09. The molecule has 4 heteroatoms.